The van der Waals surface area contributed by atoms with E-state index in [1.54, 1.807) is 16.7 Å². The molecule has 2 fully saturated rings. The van der Waals surface area contributed by atoms with Gasteiger partial charge in [-0.25, -0.2) is 4.79 Å². The quantitative estimate of drug-likeness (QED) is 0.725. The highest BCUT2D eigenvalue weighted by Crippen LogP contribution is 2.24. The molecule has 1 aromatic carbocycles. The maximum Gasteiger partial charge on any atom is 0.410 e. The Kier molecular flexibility index (Phi) is 6.90. The summed E-state index contributed by atoms with van der Waals surface area (Å²) < 4.78 is 10.5. The van der Waals surface area contributed by atoms with Crippen molar-refractivity contribution in [3.8, 4) is 0 Å². The number of hydrogen-bond acceptors (Lipinski definition) is 5. The molecule has 152 valence electrons. The van der Waals surface area contributed by atoms with Crippen LogP contribution in [0.3, 0.4) is 0 Å². The fourth-order valence-corrected chi connectivity index (χ4v) is 3.85. The van der Waals surface area contributed by atoms with Crippen LogP contribution in [0.2, 0.25) is 0 Å². The van der Waals surface area contributed by atoms with Gasteiger partial charge in [-0.15, -0.1) is 0 Å². The highest BCUT2D eigenvalue weighted by Gasteiger charge is 2.39. The number of esters is 1. The van der Waals surface area contributed by atoms with Gasteiger partial charge in [-0.05, 0) is 38.2 Å². The summed E-state index contributed by atoms with van der Waals surface area (Å²) in [5.74, 6) is -0.363. The van der Waals surface area contributed by atoms with Crippen LogP contribution < -0.4 is 0 Å². The lowest BCUT2D eigenvalue weighted by Crippen LogP contribution is -2.50. The van der Waals surface area contributed by atoms with E-state index in [1.165, 1.54) is 0 Å². The lowest BCUT2D eigenvalue weighted by atomic mass is 9.96. The predicted molar refractivity (Wildman–Crippen MR) is 102 cm³/mol. The molecule has 7 heteroatoms. The Hall–Kier alpha value is -2.57. The Labute approximate surface area is 165 Å². The van der Waals surface area contributed by atoms with Gasteiger partial charge in [0.05, 0.1) is 12.5 Å². The van der Waals surface area contributed by atoms with Crippen molar-refractivity contribution < 1.29 is 23.9 Å². The number of carbonyl (C=O) groups excluding carboxylic acids is 3. The number of likely N-dealkylation sites (tertiary alicyclic amines) is 2. The molecule has 28 heavy (non-hydrogen) atoms. The van der Waals surface area contributed by atoms with Crippen LogP contribution in [0.25, 0.3) is 0 Å². The minimum absolute atomic E-state index is 0.0449. The molecule has 2 aliphatic heterocycles. The summed E-state index contributed by atoms with van der Waals surface area (Å²) in [5, 5.41) is 0. The zero-order chi connectivity index (χ0) is 19.9. The van der Waals surface area contributed by atoms with Crippen molar-refractivity contribution in [1.82, 2.24) is 9.80 Å². The van der Waals surface area contributed by atoms with E-state index in [-0.39, 0.29) is 24.4 Å². The molecule has 1 aromatic rings. The zero-order valence-electron chi connectivity index (χ0n) is 16.3. The fourth-order valence-electron chi connectivity index (χ4n) is 3.85. The fraction of sp³-hybridized carbons (Fsp3) is 0.571. The van der Waals surface area contributed by atoms with E-state index in [9.17, 15) is 14.4 Å². The average Bonchev–Trinajstić information content (AvgIpc) is 3.22. The van der Waals surface area contributed by atoms with Gasteiger partial charge < -0.3 is 14.4 Å². The number of amides is 2. The van der Waals surface area contributed by atoms with Crippen molar-refractivity contribution in [1.29, 1.82) is 0 Å². The SMILES string of the molecule is CCOC(=O)C1CCN(C(=O)C2CCCN2C(=O)OCc2ccccc2)CC1. The normalized spacial score (nSPS) is 20.1. The van der Waals surface area contributed by atoms with Crippen LogP contribution in [-0.4, -0.2) is 60.1 Å². The Morgan fingerprint density at radius 1 is 1.00 bits per heavy atom. The van der Waals surface area contributed by atoms with Crippen molar-refractivity contribution in [2.24, 2.45) is 5.92 Å². The summed E-state index contributed by atoms with van der Waals surface area (Å²) in [4.78, 5) is 40.6. The molecule has 1 unspecified atom stereocenters. The van der Waals surface area contributed by atoms with E-state index in [4.69, 9.17) is 9.47 Å². The van der Waals surface area contributed by atoms with Gasteiger partial charge in [0.15, 0.2) is 0 Å². The van der Waals surface area contributed by atoms with Gasteiger partial charge in [0.25, 0.3) is 0 Å². The molecule has 2 heterocycles. The third-order valence-electron chi connectivity index (χ3n) is 5.40. The summed E-state index contributed by atoms with van der Waals surface area (Å²) in [7, 11) is 0. The molecule has 3 rings (SSSR count). The van der Waals surface area contributed by atoms with Gasteiger partial charge >= 0.3 is 12.1 Å². The number of ether oxygens (including phenoxy) is 2. The second-order valence-electron chi connectivity index (χ2n) is 7.24. The second-order valence-corrected chi connectivity index (χ2v) is 7.24. The van der Waals surface area contributed by atoms with E-state index in [0.29, 0.717) is 45.5 Å². The van der Waals surface area contributed by atoms with E-state index in [2.05, 4.69) is 0 Å². The lowest BCUT2D eigenvalue weighted by Gasteiger charge is -2.34. The first-order valence-electron chi connectivity index (χ1n) is 10.0. The maximum absolute atomic E-state index is 13.0. The van der Waals surface area contributed by atoms with Crippen molar-refractivity contribution in [2.75, 3.05) is 26.2 Å². The second kappa shape index (κ2) is 9.57. The molecular formula is C21H28N2O5. The van der Waals surface area contributed by atoms with Gasteiger partial charge in [-0.2, -0.15) is 0 Å². The molecule has 0 saturated carbocycles. The number of hydrogen-bond donors (Lipinski definition) is 0. The monoisotopic (exact) mass is 388 g/mol. The highest BCUT2D eigenvalue weighted by molar-refractivity contribution is 5.86. The number of benzene rings is 1. The summed E-state index contributed by atoms with van der Waals surface area (Å²) in [6, 6.07) is 9.02. The topological polar surface area (TPSA) is 76.2 Å². The van der Waals surface area contributed by atoms with Crippen LogP contribution in [0.5, 0.6) is 0 Å². The van der Waals surface area contributed by atoms with Crippen molar-refractivity contribution >= 4 is 18.0 Å². The third-order valence-corrected chi connectivity index (χ3v) is 5.40. The lowest BCUT2D eigenvalue weighted by molar-refractivity contribution is -0.151. The molecule has 0 bridgehead atoms. The Morgan fingerprint density at radius 3 is 2.39 bits per heavy atom. The molecule has 0 radical (unpaired) electrons. The number of piperidine rings is 1. The first-order valence-corrected chi connectivity index (χ1v) is 10.0. The minimum Gasteiger partial charge on any atom is -0.466 e. The summed E-state index contributed by atoms with van der Waals surface area (Å²) in [6.07, 6.45) is 2.21. The molecule has 1 atom stereocenters. The van der Waals surface area contributed by atoms with E-state index in [1.807, 2.05) is 30.3 Å². The van der Waals surface area contributed by atoms with Crippen LogP contribution in [0.1, 0.15) is 38.2 Å². The zero-order valence-corrected chi connectivity index (χ0v) is 16.3. The number of carbonyl (C=O) groups is 3. The Balaban J connectivity index is 1.51. The van der Waals surface area contributed by atoms with Gasteiger partial charge in [0.2, 0.25) is 5.91 Å². The molecule has 2 saturated heterocycles. The maximum atomic E-state index is 13.0. The Bertz CT molecular complexity index is 685. The predicted octanol–water partition coefficient (Wildman–Crippen LogP) is 2.59. The smallest absolute Gasteiger partial charge is 0.410 e. The molecular weight excluding hydrogens is 360 g/mol. The first kappa shape index (κ1) is 20.2. The molecule has 2 amide bonds. The highest BCUT2D eigenvalue weighted by atomic mass is 16.6. The van der Waals surface area contributed by atoms with Crippen molar-refractivity contribution in [3.63, 3.8) is 0 Å². The molecule has 7 nitrogen and oxygen atoms in total. The third kappa shape index (κ3) is 4.82. The van der Waals surface area contributed by atoms with E-state index >= 15 is 0 Å². The van der Waals surface area contributed by atoms with Gasteiger partial charge in [-0.3, -0.25) is 14.5 Å². The van der Waals surface area contributed by atoms with Crippen molar-refractivity contribution in [2.45, 2.75) is 45.3 Å². The first-order chi connectivity index (χ1) is 13.6. The Morgan fingerprint density at radius 2 is 1.71 bits per heavy atom. The van der Waals surface area contributed by atoms with Gasteiger partial charge in [0.1, 0.15) is 12.6 Å². The minimum atomic E-state index is -0.470. The largest absolute Gasteiger partial charge is 0.466 e. The average molecular weight is 388 g/mol. The van der Waals surface area contributed by atoms with E-state index in [0.717, 1.165) is 12.0 Å². The van der Waals surface area contributed by atoms with E-state index < -0.39 is 12.1 Å². The number of rotatable bonds is 5. The molecule has 0 N–H and O–H groups in total. The molecule has 0 aromatic heterocycles. The van der Waals surface area contributed by atoms with Crippen LogP contribution in [0, 0.1) is 5.92 Å². The van der Waals surface area contributed by atoms with Gasteiger partial charge in [-0.1, -0.05) is 30.3 Å². The summed E-state index contributed by atoms with van der Waals surface area (Å²) in [6.45, 7) is 3.94. The van der Waals surface area contributed by atoms with Crippen LogP contribution in [0.15, 0.2) is 30.3 Å². The molecule has 0 spiro atoms. The number of nitrogens with zero attached hydrogens (tertiary/aromatic N) is 2. The molecule has 2 aliphatic rings. The standard InChI is InChI=1S/C21H28N2O5/c1-2-27-20(25)17-10-13-22(14-11-17)19(24)18-9-6-12-23(18)21(26)28-15-16-7-4-3-5-8-16/h3-5,7-8,17-18H,2,6,9-15H2,1H3. The van der Waals surface area contributed by atoms with Crippen LogP contribution >= 0.6 is 0 Å². The van der Waals surface area contributed by atoms with Crippen LogP contribution in [-0.2, 0) is 25.7 Å². The van der Waals surface area contributed by atoms with Crippen molar-refractivity contribution in [3.05, 3.63) is 35.9 Å². The van der Waals surface area contributed by atoms with Crippen LogP contribution in [0.4, 0.5) is 4.79 Å². The van der Waals surface area contributed by atoms with Gasteiger partial charge in [0, 0.05) is 19.6 Å². The summed E-state index contributed by atoms with van der Waals surface area (Å²) >= 11 is 0. The summed E-state index contributed by atoms with van der Waals surface area (Å²) in [5.41, 5.74) is 0.916. The molecule has 0 aliphatic carbocycles.